The lowest BCUT2D eigenvalue weighted by Crippen LogP contribution is -2.61. The molecule has 72 heavy (non-hydrogen) atoms. The Bertz CT molecular complexity index is 1570. The molecular weight excluding hydrogens is 925 g/mol. The zero-order valence-corrected chi connectivity index (χ0v) is 43.6. The highest BCUT2D eigenvalue weighted by Crippen LogP contribution is 2.26. The van der Waals surface area contributed by atoms with Crippen molar-refractivity contribution in [3.8, 4) is 0 Å². The van der Waals surface area contributed by atoms with E-state index >= 15 is 0 Å². The minimum absolute atomic E-state index is 0.0816. The van der Waals surface area contributed by atoms with Crippen molar-refractivity contribution < 1.29 is 73.8 Å². The Kier molecular flexibility index (Phi) is 38.7. The molecule has 0 saturated carbocycles. The first kappa shape index (κ1) is 64.8. The highest BCUT2D eigenvalue weighted by atomic mass is 16.7. The fourth-order valence-electron chi connectivity index (χ4n) is 7.93. The quantitative estimate of drug-likeness (QED) is 0.0173. The van der Waals surface area contributed by atoms with E-state index in [1.165, 1.54) is 57.8 Å². The summed E-state index contributed by atoms with van der Waals surface area (Å²) in [5.41, 5.74) is 0. The molecule has 0 aromatic heterocycles. The van der Waals surface area contributed by atoms with Gasteiger partial charge in [0.1, 0.15) is 55.4 Å². The molecular formula is C57H94O15. The summed E-state index contributed by atoms with van der Waals surface area (Å²) in [6, 6.07) is 0. The lowest BCUT2D eigenvalue weighted by atomic mass is 9.98. The maximum Gasteiger partial charge on any atom is 0.306 e. The molecule has 11 unspecified atom stereocenters. The smallest absolute Gasteiger partial charge is 0.306 e. The van der Waals surface area contributed by atoms with Gasteiger partial charge in [0.05, 0.1) is 19.8 Å². The largest absolute Gasteiger partial charge is 0.462 e. The summed E-state index contributed by atoms with van der Waals surface area (Å²) in [6.07, 6.45) is 36.1. The number of rotatable bonds is 41. The number of carbonyl (C=O) groups excluding carboxylic acids is 2. The highest BCUT2D eigenvalue weighted by Gasteiger charge is 2.47. The van der Waals surface area contributed by atoms with Crippen molar-refractivity contribution in [2.75, 3.05) is 26.4 Å². The van der Waals surface area contributed by atoms with Crippen LogP contribution in [-0.2, 0) is 38.0 Å². The van der Waals surface area contributed by atoms with Gasteiger partial charge in [-0.3, -0.25) is 9.59 Å². The number of carbonyl (C=O) groups is 2. The summed E-state index contributed by atoms with van der Waals surface area (Å²) in [5.74, 6) is -1.00. The standard InChI is InChI=1S/C57H94O15/c1-3-5-7-9-11-13-15-17-19-21-22-24-25-27-29-31-33-35-37-39-48(59)67-42-45(70-49(60)40-38-36-34-32-30-28-26-23-20-18-16-14-12-10-8-6-4-2)43-68-56-55(66)53(64)51(62)47(72-56)44-69-57-54(65)52(63)50(61)46(41-58)71-57/h6,8,11-14,17-20,26,28,32,34,45-47,50-58,61-66H,3-5,7,9-10,15-16,21-25,27,29-31,33,35-44H2,1-2H3/b8-6-,13-11-,14-12-,19-17-,20-18-,28-26-,34-32-. The van der Waals surface area contributed by atoms with E-state index in [4.69, 9.17) is 28.4 Å². The summed E-state index contributed by atoms with van der Waals surface area (Å²) < 4.78 is 33.6. The Morgan fingerprint density at radius 1 is 0.458 bits per heavy atom. The molecule has 0 aromatic rings. The van der Waals surface area contributed by atoms with Crippen LogP contribution in [0.5, 0.6) is 0 Å². The fourth-order valence-corrected chi connectivity index (χ4v) is 7.93. The molecule has 2 heterocycles. The Morgan fingerprint density at radius 3 is 1.42 bits per heavy atom. The zero-order valence-electron chi connectivity index (χ0n) is 43.6. The summed E-state index contributed by atoms with van der Waals surface area (Å²) in [4.78, 5) is 25.8. The number of ether oxygens (including phenoxy) is 6. The Morgan fingerprint density at radius 2 is 0.889 bits per heavy atom. The number of hydrogen-bond donors (Lipinski definition) is 7. The molecule has 0 amide bonds. The average Bonchev–Trinajstić information content (AvgIpc) is 3.37. The molecule has 0 aliphatic carbocycles. The second kappa shape index (κ2) is 43.0. The van der Waals surface area contributed by atoms with Gasteiger partial charge in [-0.15, -0.1) is 0 Å². The number of aliphatic hydroxyl groups excluding tert-OH is 7. The van der Waals surface area contributed by atoms with Crippen LogP contribution in [0.2, 0.25) is 0 Å². The number of hydrogen-bond acceptors (Lipinski definition) is 15. The van der Waals surface area contributed by atoms with Crippen molar-refractivity contribution in [3.63, 3.8) is 0 Å². The first-order valence-electron chi connectivity index (χ1n) is 27.2. The van der Waals surface area contributed by atoms with E-state index in [1.54, 1.807) is 0 Å². The van der Waals surface area contributed by atoms with E-state index in [-0.39, 0.29) is 19.4 Å². The van der Waals surface area contributed by atoms with Crippen LogP contribution < -0.4 is 0 Å². The van der Waals surface area contributed by atoms with Crippen molar-refractivity contribution in [2.24, 2.45) is 0 Å². The SMILES string of the molecule is CC/C=C\C/C=C\C/C=C\C/C=C\C/C=C\CCCC(=O)OC(COC(=O)CCCCCCCCCCC/C=C\C/C=C\CCCCC)COC1OC(COC2OC(CO)C(O)C(O)C2O)C(O)C(O)C1O. The van der Waals surface area contributed by atoms with Crippen molar-refractivity contribution in [2.45, 2.75) is 235 Å². The van der Waals surface area contributed by atoms with Crippen LogP contribution in [-0.4, -0.2) is 142 Å². The van der Waals surface area contributed by atoms with E-state index in [9.17, 15) is 45.3 Å². The normalized spacial score (nSPS) is 25.7. The monoisotopic (exact) mass is 1020 g/mol. The Balaban J connectivity index is 1.81. The average molecular weight is 1020 g/mol. The number of esters is 2. The van der Waals surface area contributed by atoms with Gasteiger partial charge in [-0.1, -0.05) is 157 Å². The van der Waals surface area contributed by atoms with Gasteiger partial charge >= 0.3 is 11.9 Å². The van der Waals surface area contributed by atoms with E-state index in [0.717, 1.165) is 64.2 Å². The third kappa shape index (κ3) is 30.1. The number of aliphatic hydroxyl groups is 7. The molecule has 0 radical (unpaired) electrons. The summed E-state index contributed by atoms with van der Waals surface area (Å²) >= 11 is 0. The van der Waals surface area contributed by atoms with Crippen LogP contribution in [0.25, 0.3) is 0 Å². The molecule has 2 aliphatic rings. The lowest BCUT2D eigenvalue weighted by Gasteiger charge is -2.42. The predicted octanol–water partition coefficient (Wildman–Crippen LogP) is 8.38. The number of unbranched alkanes of at least 4 members (excludes halogenated alkanes) is 13. The van der Waals surface area contributed by atoms with Gasteiger partial charge in [0.25, 0.3) is 0 Å². The molecule has 2 rings (SSSR count). The molecule has 15 nitrogen and oxygen atoms in total. The third-order valence-electron chi connectivity index (χ3n) is 12.4. The third-order valence-corrected chi connectivity index (χ3v) is 12.4. The van der Waals surface area contributed by atoms with Gasteiger partial charge < -0.3 is 64.2 Å². The maximum absolute atomic E-state index is 13.0. The Labute approximate surface area is 431 Å². The summed E-state index contributed by atoms with van der Waals surface area (Å²) in [6.45, 7) is 2.38. The highest BCUT2D eigenvalue weighted by molar-refractivity contribution is 5.70. The molecule has 0 bridgehead atoms. The van der Waals surface area contributed by atoms with Crippen LogP contribution in [0.15, 0.2) is 85.1 Å². The molecule has 11 atom stereocenters. The molecule has 2 fully saturated rings. The molecule has 2 saturated heterocycles. The zero-order chi connectivity index (χ0) is 52.4. The first-order chi connectivity index (χ1) is 35.0. The molecule has 0 spiro atoms. The number of allylic oxidation sites excluding steroid dienone is 14. The van der Waals surface area contributed by atoms with Crippen LogP contribution in [0.1, 0.15) is 168 Å². The van der Waals surface area contributed by atoms with Gasteiger partial charge in [0, 0.05) is 12.8 Å². The van der Waals surface area contributed by atoms with E-state index in [2.05, 4.69) is 86.8 Å². The van der Waals surface area contributed by atoms with E-state index in [0.29, 0.717) is 19.3 Å². The van der Waals surface area contributed by atoms with Crippen LogP contribution in [0.4, 0.5) is 0 Å². The van der Waals surface area contributed by atoms with E-state index < -0.39 is 99.3 Å². The van der Waals surface area contributed by atoms with Crippen molar-refractivity contribution >= 4 is 11.9 Å². The molecule has 0 aromatic carbocycles. The van der Waals surface area contributed by atoms with E-state index in [1.807, 2.05) is 12.2 Å². The van der Waals surface area contributed by atoms with Gasteiger partial charge in [0.15, 0.2) is 18.7 Å². The molecule has 7 N–H and O–H groups in total. The summed E-state index contributed by atoms with van der Waals surface area (Å²) in [7, 11) is 0. The van der Waals surface area contributed by atoms with Crippen molar-refractivity contribution in [1.82, 2.24) is 0 Å². The van der Waals surface area contributed by atoms with Crippen LogP contribution in [0, 0.1) is 0 Å². The second-order valence-electron chi connectivity index (χ2n) is 18.7. The topological polar surface area (TPSA) is 231 Å². The van der Waals surface area contributed by atoms with Crippen molar-refractivity contribution in [3.05, 3.63) is 85.1 Å². The first-order valence-corrected chi connectivity index (χ1v) is 27.2. The fraction of sp³-hybridized carbons (Fsp3) is 0.719. The van der Waals surface area contributed by atoms with Gasteiger partial charge in [-0.25, -0.2) is 0 Å². The minimum Gasteiger partial charge on any atom is -0.462 e. The minimum atomic E-state index is -1.78. The van der Waals surface area contributed by atoms with Gasteiger partial charge in [0.2, 0.25) is 0 Å². The van der Waals surface area contributed by atoms with Gasteiger partial charge in [-0.2, -0.15) is 0 Å². The lowest BCUT2D eigenvalue weighted by molar-refractivity contribution is -0.332. The predicted molar refractivity (Wildman–Crippen MR) is 279 cm³/mol. The van der Waals surface area contributed by atoms with Gasteiger partial charge in [-0.05, 0) is 83.5 Å². The van der Waals surface area contributed by atoms with Crippen LogP contribution in [0.3, 0.4) is 0 Å². The molecule has 2 aliphatic heterocycles. The van der Waals surface area contributed by atoms with Crippen molar-refractivity contribution in [1.29, 1.82) is 0 Å². The van der Waals surface area contributed by atoms with Crippen LogP contribution >= 0.6 is 0 Å². The second-order valence-corrected chi connectivity index (χ2v) is 18.7. The molecule has 15 heteroatoms. The Hall–Kier alpha value is -3.32. The maximum atomic E-state index is 13.0. The molecule has 412 valence electrons. The summed E-state index contributed by atoms with van der Waals surface area (Å²) in [5, 5.41) is 72.2.